The number of rotatable bonds is 6. The molecule has 3 rings (SSSR count). The third-order valence-electron chi connectivity index (χ3n) is 4.67. The van der Waals surface area contributed by atoms with Crippen molar-refractivity contribution in [1.29, 1.82) is 0 Å². The summed E-state index contributed by atoms with van der Waals surface area (Å²) in [6, 6.07) is 15.8. The van der Waals surface area contributed by atoms with Gasteiger partial charge < -0.3 is 19.2 Å². The predicted octanol–water partition coefficient (Wildman–Crippen LogP) is 4.75. The number of amides is 1. The minimum Gasteiger partial charge on any atom is -0.497 e. The Morgan fingerprint density at radius 2 is 1.69 bits per heavy atom. The van der Waals surface area contributed by atoms with Crippen LogP contribution >= 0.6 is 0 Å². The Morgan fingerprint density at radius 3 is 2.31 bits per heavy atom. The normalized spacial score (nSPS) is 11.6. The summed E-state index contributed by atoms with van der Waals surface area (Å²) >= 11 is 0. The fourth-order valence-corrected chi connectivity index (χ4v) is 3.07. The molecule has 1 atom stereocenters. The van der Waals surface area contributed by atoms with Gasteiger partial charge in [-0.1, -0.05) is 36.4 Å². The van der Waals surface area contributed by atoms with Crippen LogP contribution in [0.15, 0.2) is 59.0 Å². The van der Waals surface area contributed by atoms with E-state index < -0.39 is 18.0 Å². The van der Waals surface area contributed by atoms with Gasteiger partial charge in [-0.15, -0.1) is 0 Å². The molecular weight excluding hydrogens is 370 g/mol. The molecule has 1 amide bonds. The Bertz CT molecular complexity index is 1020. The van der Waals surface area contributed by atoms with Crippen molar-refractivity contribution in [3.05, 3.63) is 82.8 Å². The Labute approximate surface area is 169 Å². The van der Waals surface area contributed by atoms with Crippen LogP contribution in [0.2, 0.25) is 0 Å². The van der Waals surface area contributed by atoms with Crippen molar-refractivity contribution < 1.29 is 23.5 Å². The number of anilines is 1. The maximum atomic E-state index is 13.0. The number of aryl methyl sites for hydroxylation is 2. The number of methoxy groups -OCH3 is 1. The molecule has 0 aliphatic rings. The first-order chi connectivity index (χ1) is 13.9. The minimum absolute atomic E-state index is 0.345. The fraction of sp³-hybridized carbons (Fsp3) is 0.217. The number of nitrogens with one attached hydrogen (secondary N) is 1. The average Bonchev–Trinajstić information content (AvgIpc) is 2.98. The van der Waals surface area contributed by atoms with E-state index in [0.29, 0.717) is 39.6 Å². The van der Waals surface area contributed by atoms with Gasteiger partial charge in [-0.2, -0.15) is 0 Å². The van der Waals surface area contributed by atoms with E-state index in [0.717, 1.165) is 0 Å². The first-order valence-electron chi connectivity index (χ1n) is 9.18. The standard InChI is InChI=1S/C23H23NO5/c1-14-15(2)28-16(3)20(14)23(26)29-21(17-9-6-5-7-10-17)22(25)24-18-11-8-12-19(13-18)27-4/h5-13,21H,1-4H3,(H,24,25)/t21-/m1/s1. The van der Waals surface area contributed by atoms with Crippen molar-refractivity contribution in [3.8, 4) is 5.75 Å². The molecule has 0 fully saturated rings. The molecule has 0 aliphatic carbocycles. The van der Waals surface area contributed by atoms with Crippen LogP contribution in [0.4, 0.5) is 5.69 Å². The second-order valence-corrected chi connectivity index (χ2v) is 6.63. The smallest absolute Gasteiger partial charge is 0.343 e. The SMILES string of the molecule is COc1cccc(NC(=O)[C@H](OC(=O)c2c(C)oc(C)c2C)c2ccccc2)c1. The molecule has 1 heterocycles. The number of furan rings is 1. The molecule has 6 nitrogen and oxygen atoms in total. The maximum absolute atomic E-state index is 13.0. The number of benzene rings is 2. The Hall–Kier alpha value is -3.54. The van der Waals surface area contributed by atoms with Gasteiger partial charge in [-0.3, -0.25) is 4.79 Å². The van der Waals surface area contributed by atoms with Crippen molar-refractivity contribution in [2.45, 2.75) is 26.9 Å². The summed E-state index contributed by atoms with van der Waals surface area (Å²) in [5, 5.41) is 2.79. The van der Waals surface area contributed by atoms with Gasteiger partial charge in [-0.25, -0.2) is 4.79 Å². The van der Waals surface area contributed by atoms with Crippen molar-refractivity contribution in [1.82, 2.24) is 0 Å². The number of hydrogen-bond acceptors (Lipinski definition) is 5. The number of carbonyl (C=O) groups is 2. The van der Waals surface area contributed by atoms with Crippen LogP contribution in [0.5, 0.6) is 5.75 Å². The van der Waals surface area contributed by atoms with Gasteiger partial charge in [0, 0.05) is 22.9 Å². The van der Waals surface area contributed by atoms with E-state index in [1.807, 2.05) is 6.07 Å². The Kier molecular flexibility index (Phi) is 6.02. The third kappa shape index (κ3) is 4.48. The van der Waals surface area contributed by atoms with E-state index in [4.69, 9.17) is 13.9 Å². The van der Waals surface area contributed by atoms with E-state index in [1.54, 1.807) is 76.4 Å². The zero-order valence-corrected chi connectivity index (χ0v) is 16.8. The molecule has 3 aromatic rings. The van der Waals surface area contributed by atoms with Gasteiger partial charge in [0.05, 0.1) is 7.11 Å². The molecule has 0 spiro atoms. The number of carbonyl (C=O) groups excluding carboxylic acids is 2. The van der Waals surface area contributed by atoms with Crippen LogP contribution in [0, 0.1) is 20.8 Å². The molecule has 0 saturated carbocycles. The average molecular weight is 393 g/mol. The van der Waals surface area contributed by atoms with Crippen LogP contribution in [-0.2, 0) is 9.53 Å². The quantitative estimate of drug-likeness (QED) is 0.612. The molecule has 0 aliphatic heterocycles. The second kappa shape index (κ2) is 8.65. The van der Waals surface area contributed by atoms with Crippen LogP contribution in [0.3, 0.4) is 0 Å². The molecule has 6 heteroatoms. The lowest BCUT2D eigenvalue weighted by atomic mass is 10.1. The molecule has 29 heavy (non-hydrogen) atoms. The van der Waals surface area contributed by atoms with Crippen LogP contribution in [0.1, 0.15) is 39.1 Å². The van der Waals surface area contributed by atoms with Crippen molar-refractivity contribution >= 4 is 17.6 Å². The molecule has 150 valence electrons. The lowest BCUT2D eigenvalue weighted by molar-refractivity contribution is -0.125. The first kappa shape index (κ1) is 20.2. The summed E-state index contributed by atoms with van der Waals surface area (Å²) in [6.45, 7) is 5.27. The van der Waals surface area contributed by atoms with E-state index >= 15 is 0 Å². The summed E-state index contributed by atoms with van der Waals surface area (Å²) in [7, 11) is 1.55. The largest absolute Gasteiger partial charge is 0.497 e. The number of ether oxygens (including phenoxy) is 2. The van der Waals surface area contributed by atoms with E-state index in [9.17, 15) is 9.59 Å². The zero-order valence-electron chi connectivity index (χ0n) is 16.8. The second-order valence-electron chi connectivity index (χ2n) is 6.63. The van der Waals surface area contributed by atoms with Gasteiger partial charge in [0.15, 0.2) is 0 Å². The number of hydrogen-bond donors (Lipinski definition) is 1. The highest BCUT2D eigenvalue weighted by Crippen LogP contribution is 2.27. The number of esters is 1. The summed E-state index contributed by atoms with van der Waals surface area (Å²) in [4.78, 5) is 25.9. The van der Waals surface area contributed by atoms with Gasteiger partial charge in [0.25, 0.3) is 5.91 Å². The van der Waals surface area contributed by atoms with Gasteiger partial charge >= 0.3 is 5.97 Å². The van der Waals surface area contributed by atoms with Gasteiger partial charge in [0.2, 0.25) is 6.10 Å². The summed E-state index contributed by atoms with van der Waals surface area (Å²) in [5.41, 5.74) is 2.15. The Morgan fingerprint density at radius 1 is 0.966 bits per heavy atom. The molecule has 0 bridgehead atoms. The highest BCUT2D eigenvalue weighted by atomic mass is 16.5. The molecular formula is C23H23NO5. The van der Waals surface area contributed by atoms with E-state index in [-0.39, 0.29) is 0 Å². The summed E-state index contributed by atoms with van der Waals surface area (Å²) in [5.74, 6) is 0.646. The van der Waals surface area contributed by atoms with Crippen molar-refractivity contribution in [3.63, 3.8) is 0 Å². The molecule has 2 aromatic carbocycles. The molecule has 0 radical (unpaired) electrons. The van der Waals surface area contributed by atoms with Crippen LogP contribution in [-0.4, -0.2) is 19.0 Å². The first-order valence-corrected chi connectivity index (χ1v) is 9.18. The van der Waals surface area contributed by atoms with E-state index in [1.165, 1.54) is 0 Å². The topological polar surface area (TPSA) is 77.8 Å². The Balaban J connectivity index is 1.88. The van der Waals surface area contributed by atoms with Gasteiger partial charge in [-0.05, 0) is 32.9 Å². The van der Waals surface area contributed by atoms with Gasteiger partial charge in [0.1, 0.15) is 22.8 Å². The lowest BCUT2D eigenvalue weighted by Crippen LogP contribution is -2.26. The predicted molar refractivity (Wildman–Crippen MR) is 109 cm³/mol. The molecule has 1 aromatic heterocycles. The fourth-order valence-electron chi connectivity index (χ4n) is 3.07. The molecule has 0 saturated heterocycles. The summed E-state index contributed by atoms with van der Waals surface area (Å²) < 4.78 is 16.4. The summed E-state index contributed by atoms with van der Waals surface area (Å²) in [6.07, 6.45) is -1.12. The molecule has 1 N–H and O–H groups in total. The molecule has 0 unspecified atom stereocenters. The van der Waals surface area contributed by atoms with Crippen LogP contribution in [0.25, 0.3) is 0 Å². The zero-order chi connectivity index (χ0) is 21.0. The monoisotopic (exact) mass is 393 g/mol. The highest BCUT2D eigenvalue weighted by molar-refractivity contribution is 5.99. The third-order valence-corrected chi connectivity index (χ3v) is 4.67. The highest BCUT2D eigenvalue weighted by Gasteiger charge is 2.29. The van der Waals surface area contributed by atoms with Crippen LogP contribution < -0.4 is 10.1 Å². The van der Waals surface area contributed by atoms with Crippen molar-refractivity contribution in [2.24, 2.45) is 0 Å². The van der Waals surface area contributed by atoms with Crippen molar-refractivity contribution in [2.75, 3.05) is 12.4 Å². The maximum Gasteiger partial charge on any atom is 0.343 e. The van der Waals surface area contributed by atoms with E-state index in [2.05, 4.69) is 5.32 Å². The minimum atomic E-state index is -1.12. The lowest BCUT2D eigenvalue weighted by Gasteiger charge is -2.18.